The number of halogens is 4. The highest BCUT2D eigenvalue weighted by Gasteiger charge is 2.33. The van der Waals surface area contributed by atoms with Crippen molar-refractivity contribution >= 4 is 33.0 Å². The van der Waals surface area contributed by atoms with Crippen LogP contribution in [0.25, 0.3) is 0 Å². The molecule has 0 aliphatic carbocycles. The van der Waals surface area contributed by atoms with Crippen molar-refractivity contribution in [2.45, 2.75) is 30.9 Å². The zero-order valence-corrected chi connectivity index (χ0v) is 22.9. The van der Waals surface area contributed by atoms with Crippen molar-refractivity contribution in [2.75, 3.05) is 5.32 Å². The number of para-hydroxylation sites is 1. The van der Waals surface area contributed by atoms with Gasteiger partial charge in [0.15, 0.2) is 5.11 Å². The third kappa shape index (κ3) is 8.71. The number of nitrogens with zero attached hydrogens (tertiary/aromatic N) is 2. The number of hydrogen-bond donors (Lipinski definition) is 2. The molecule has 1 heterocycles. The van der Waals surface area contributed by atoms with Crippen LogP contribution in [0.2, 0.25) is 0 Å². The van der Waals surface area contributed by atoms with E-state index in [2.05, 4.69) is 20.4 Å². The molecule has 0 aliphatic heterocycles. The minimum absolute atomic E-state index is 0.000538. The van der Waals surface area contributed by atoms with Gasteiger partial charge >= 0.3 is 6.36 Å². The Bertz CT molecular complexity index is 1570. The lowest BCUT2D eigenvalue weighted by molar-refractivity contribution is -0.275. The Morgan fingerprint density at radius 3 is 2.20 bits per heavy atom. The van der Waals surface area contributed by atoms with Crippen LogP contribution in [-0.4, -0.2) is 29.2 Å². The highest BCUT2D eigenvalue weighted by atomic mass is 32.2. The third-order valence-electron chi connectivity index (χ3n) is 5.77. The molecule has 0 amide bonds. The number of sulfonamides is 1. The van der Waals surface area contributed by atoms with Crippen molar-refractivity contribution in [1.82, 2.24) is 14.6 Å². The fraction of sp³-hybridized carbons (Fsp3) is 0.143. The molecule has 13 heteroatoms. The number of ether oxygens (including phenoxy) is 1. The highest BCUT2D eigenvalue weighted by molar-refractivity contribution is 7.89. The van der Waals surface area contributed by atoms with Gasteiger partial charge in [-0.25, -0.2) is 12.8 Å². The number of benzene rings is 3. The predicted molar refractivity (Wildman–Crippen MR) is 150 cm³/mol. The maximum atomic E-state index is 13.7. The molecule has 3 aromatic carbocycles. The summed E-state index contributed by atoms with van der Waals surface area (Å²) in [6, 6.07) is 19.9. The summed E-state index contributed by atoms with van der Waals surface area (Å²) in [7, 11) is -4.24. The Hall–Kier alpha value is -4.07. The highest BCUT2D eigenvalue weighted by Crippen LogP contribution is 2.30. The van der Waals surface area contributed by atoms with Crippen molar-refractivity contribution in [2.24, 2.45) is 0 Å². The molecule has 0 spiro atoms. The molecule has 0 fully saturated rings. The van der Waals surface area contributed by atoms with Gasteiger partial charge in [0.2, 0.25) is 10.0 Å². The lowest BCUT2D eigenvalue weighted by Crippen LogP contribution is -2.31. The Morgan fingerprint density at radius 1 is 0.878 bits per heavy atom. The van der Waals surface area contributed by atoms with Gasteiger partial charge in [-0.1, -0.05) is 30.3 Å². The van der Waals surface area contributed by atoms with Crippen molar-refractivity contribution in [1.29, 1.82) is 0 Å². The molecule has 1 aromatic heterocycles. The van der Waals surface area contributed by atoms with E-state index in [1.165, 1.54) is 66.7 Å². The molecule has 4 aromatic rings. The van der Waals surface area contributed by atoms with E-state index in [9.17, 15) is 26.0 Å². The molecule has 4 rings (SSSR count). The first-order valence-corrected chi connectivity index (χ1v) is 14.0. The molecule has 2 N–H and O–H groups in total. The summed E-state index contributed by atoms with van der Waals surface area (Å²) in [6.07, 6.45) is -1.64. The summed E-state index contributed by atoms with van der Waals surface area (Å²) in [4.78, 5) is 3.85. The first-order chi connectivity index (χ1) is 19.5. The van der Waals surface area contributed by atoms with E-state index in [4.69, 9.17) is 12.2 Å². The number of alkyl halides is 3. The normalized spacial score (nSPS) is 11.7. The fourth-order valence-corrected chi connectivity index (χ4v) is 5.38. The van der Waals surface area contributed by atoms with Gasteiger partial charge in [0.05, 0.1) is 4.90 Å². The number of hydrogen-bond acceptors (Lipinski definition) is 5. The number of anilines is 1. The molecule has 0 aliphatic rings. The van der Waals surface area contributed by atoms with Gasteiger partial charge < -0.3 is 15.4 Å². The second kappa shape index (κ2) is 13.1. The Kier molecular flexibility index (Phi) is 9.53. The average molecular weight is 605 g/mol. The molecule has 0 saturated heterocycles. The van der Waals surface area contributed by atoms with E-state index in [0.29, 0.717) is 22.9 Å². The van der Waals surface area contributed by atoms with Gasteiger partial charge in [-0.15, -0.1) is 13.2 Å². The van der Waals surface area contributed by atoms with Crippen LogP contribution < -0.4 is 15.4 Å². The van der Waals surface area contributed by atoms with Crippen molar-refractivity contribution in [3.8, 4) is 5.75 Å². The molecule has 7 nitrogen and oxygen atoms in total. The van der Waals surface area contributed by atoms with E-state index in [-0.39, 0.29) is 17.0 Å². The Labute approximate surface area is 239 Å². The van der Waals surface area contributed by atoms with Crippen LogP contribution in [0.15, 0.2) is 102 Å². The van der Waals surface area contributed by atoms with Crippen LogP contribution in [-0.2, 0) is 29.7 Å². The second-order valence-electron chi connectivity index (χ2n) is 8.74. The number of pyridine rings is 1. The van der Waals surface area contributed by atoms with Crippen molar-refractivity contribution < 1.29 is 30.7 Å². The van der Waals surface area contributed by atoms with Crippen LogP contribution in [0, 0.1) is 5.82 Å². The molecule has 0 saturated carbocycles. The average Bonchev–Trinajstić information content (AvgIpc) is 2.94. The zero-order chi connectivity index (χ0) is 29.5. The molecule has 0 unspecified atom stereocenters. The van der Waals surface area contributed by atoms with E-state index < -0.39 is 34.5 Å². The van der Waals surface area contributed by atoms with Crippen LogP contribution in [0.3, 0.4) is 0 Å². The van der Waals surface area contributed by atoms with Crippen LogP contribution in [0.4, 0.5) is 23.2 Å². The molecule has 0 radical (unpaired) electrons. The van der Waals surface area contributed by atoms with Crippen molar-refractivity contribution in [3.05, 3.63) is 120 Å². The molecule has 0 atom stereocenters. The van der Waals surface area contributed by atoms with Crippen LogP contribution in [0.1, 0.15) is 16.7 Å². The van der Waals surface area contributed by atoms with Gasteiger partial charge in [0, 0.05) is 43.3 Å². The van der Waals surface area contributed by atoms with Gasteiger partial charge in [0.25, 0.3) is 0 Å². The molecule has 214 valence electrons. The van der Waals surface area contributed by atoms with Crippen LogP contribution in [0.5, 0.6) is 5.75 Å². The predicted octanol–water partition coefficient (Wildman–Crippen LogP) is 6.00. The summed E-state index contributed by atoms with van der Waals surface area (Å²) in [5, 5.41) is 6.33. The zero-order valence-electron chi connectivity index (χ0n) is 21.3. The number of aromatic nitrogens is 1. The maximum absolute atomic E-state index is 13.7. The minimum atomic E-state index is -4.96. The number of rotatable bonds is 10. The summed E-state index contributed by atoms with van der Waals surface area (Å²) in [5.41, 5.74) is 1.92. The van der Waals surface area contributed by atoms with Gasteiger partial charge in [-0.3, -0.25) is 4.98 Å². The van der Waals surface area contributed by atoms with E-state index in [1.54, 1.807) is 12.4 Å². The van der Waals surface area contributed by atoms with Crippen molar-refractivity contribution in [3.63, 3.8) is 0 Å². The standard InChI is InChI=1S/C28H24F4N4O3S2/c29-23-7-5-21(6-8-23)18-36(19-22-3-1-2-4-26(22)39-28(30,31)32)41(37,38)25-11-9-24(10-12-25)35-27(40)34-17-20-13-15-33-16-14-20/h1-16H,17-19H2,(H2,34,35,40). The number of nitrogens with one attached hydrogen (secondary N) is 2. The molecule has 0 bridgehead atoms. The maximum Gasteiger partial charge on any atom is 0.573 e. The molecule has 41 heavy (non-hydrogen) atoms. The van der Waals surface area contributed by atoms with Crippen LogP contribution >= 0.6 is 12.2 Å². The van der Waals surface area contributed by atoms with Gasteiger partial charge in [0.1, 0.15) is 11.6 Å². The lowest BCUT2D eigenvalue weighted by atomic mass is 10.2. The quantitative estimate of drug-likeness (QED) is 0.170. The first-order valence-electron chi connectivity index (χ1n) is 12.1. The Balaban J connectivity index is 1.55. The smallest absolute Gasteiger partial charge is 0.405 e. The lowest BCUT2D eigenvalue weighted by Gasteiger charge is -2.24. The minimum Gasteiger partial charge on any atom is -0.405 e. The summed E-state index contributed by atoms with van der Waals surface area (Å²) in [6.45, 7) is -0.209. The number of thiocarbonyl (C=S) groups is 1. The van der Waals surface area contributed by atoms with E-state index >= 15 is 0 Å². The largest absolute Gasteiger partial charge is 0.573 e. The SMILES string of the molecule is O=S(=O)(c1ccc(NC(=S)NCc2ccncc2)cc1)N(Cc1ccc(F)cc1)Cc1ccccc1OC(F)(F)F. The second-order valence-corrected chi connectivity index (χ2v) is 11.1. The van der Waals surface area contributed by atoms with E-state index in [1.807, 2.05) is 12.1 Å². The van der Waals surface area contributed by atoms with Gasteiger partial charge in [-0.05, 0) is 77.9 Å². The van der Waals surface area contributed by atoms with E-state index in [0.717, 1.165) is 15.9 Å². The first kappa shape index (κ1) is 29.9. The summed E-state index contributed by atoms with van der Waals surface area (Å²) in [5.74, 6) is -1.03. The molecular weight excluding hydrogens is 580 g/mol. The summed E-state index contributed by atoms with van der Waals surface area (Å²) >= 11 is 5.30. The monoisotopic (exact) mass is 604 g/mol. The third-order valence-corrected chi connectivity index (χ3v) is 7.82. The topological polar surface area (TPSA) is 83.6 Å². The van der Waals surface area contributed by atoms with Gasteiger partial charge in [-0.2, -0.15) is 4.31 Å². The Morgan fingerprint density at radius 2 is 1.54 bits per heavy atom. The summed E-state index contributed by atoms with van der Waals surface area (Å²) < 4.78 is 85.0. The fourth-order valence-electron chi connectivity index (χ4n) is 3.79. The molecular formula is C28H24F4N4O3S2.